The smallest absolute Gasteiger partial charge is 0.309 e. The molecule has 178 valence electrons. The van der Waals surface area contributed by atoms with Crippen LogP contribution in [0.1, 0.15) is 35.1 Å². The number of sulfonamides is 1. The van der Waals surface area contributed by atoms with Crippen molar-refractivity contribution in [1.82, 2.24) is 9.62 Å². The molecule has 0 bridgehead atoms. The summed E-state index contributed by atoms with van der Waals surface area (Å²) in [7, 11) is -3.67. The van der Waals surface area contributed by atoms with Gasteiger partial charge in [0.25, 0.3) is 5.91 Å². The molecule has 0 aliphatic carbocycles. The zero-order valence-corrected chi connectivity index (χ0v) is 19.9. The molecule has 9 heteroatoms. The van der Waals surface area contributed by atoms with Crippen LogP contribution in [0.25, 0.3) is 0 Å². The molecule has 1 fully saturated rings. The van der Waals surface area contributed by atoms with Crippen molar-refractivity contribution in [2.45, 2.75) is 45.1 Å². The molecular formula is C24H29FN2O5S. The lowest BCUT2D eigenvalue weighted by Crippen LogP contribution is -2.41. The number of hydrogen-bond acceptors (Lipinski definition) is 5. The zero-order valence-electron chi connectivity index (χ0n) is 19.1. The summed E-state index contributed by atoms with van der Waals surface area (Å²) < 4.78 is 46.5. The van der Waals surface area contributed by atoms with Gasteiger partial charge in [-0.05, 0) is 50.8 Å². The SMILES string of the molecule is Cc1cc(C)c(S(=O)(=O)N2CCC(C(=O)OCC(=O)NCc3ccccc3F)CC2)c(C)c1. The standard InChI is InChI=1S/C24H29FN2O5S/c1-16-12-17(2)23(18(3)13-16)33(30,31)27-10-8-19(9-11-27)24(29)32-15-22(28)26-14-20-6-4-5-7-21(20)25/h4-7,12-13,19H,8-11,14-15H2,1-3H3,(H,26,28). The number of halogens is 1. The number of aryl methyl sites for hydroxylation is 3. The molecule has 0 atom stereocenters. The maximum Gasteiger partial charge on any atom is 0.309 e. The molecule has 0 unspecified atom stereocenters. The second kappa shape index (κ2) is 10.4. The van der Waals surface area contributed by atoms with E-state index in [1.807, 2.05) is 19.1 Å². The molecule has 0 spiro atoms. The van der Waals surface area contributed by atoms with Crippen LogP contribution in [0.4, 0.5) is 4.39 Å². The van der Waals surface area contributed by atoms with Crippen molar-refractivity contribution < 1.29 is 27.1 Å². The number of hydrogen-bond donors (Lipinski definition) is 1. The largest absolute Gasteiger partial charge is 0.455 e. The Kier molecular flexibility index (Phi) is 7.86. The van der Waals surface area contributed by atoms with E-state index in [0.29, 0.717) is 34.4 Å². The summed E-state index contributed by atoms with van der Waals surface area (Å²) in [4.78, 5) is 24.6. The highest BCUT2D eigenvalue weighted by Gasteiger charge is 2.34. The summed E-state index contributed by atoms with van der Waals surface area (Å²) in [6.45, 7) is 5.43. The average molecular weight is 477 g/mol. The third-order valence-corrected chi connectivity index (χ3v) is 7.97. The second-order valence-corrected chi connectivity index (χ2v) is 10.3. The number of piperidine rings is 1. The first-order chi connectivity index (χ1) is 15.6. The molecular weight excluding hydrogens is 447 g/mol. The van der Waals surface area contributed by atoms with Gasteiger partial charge in [0.1, 0.15) is 5.82 Å². The quantitative estimate of drug-likeness (QED) is 0.620. The Bertz CT molecular complexity index is 1120. The van der Waals surface area contributed by atoms with Crippen molar-refractivity contribution in [3.8, 4) is 0 Å². The minimum absolute atomic E-state index is 0.00283. The van der Waals surface area contributed by atoms with Crippen LogP contribution in [-0.4, -0.2) is 44.3 Å². The van der Waals surface area contributed by atoms with Crippen molar-refractivity contribution in [1.29, 1.82) is 0 Å². The van der Waals surface area contributed by atoms with Crippen molar-refractivity contribution in [2.75, 3.05) is 19.7 Å². The summed E-state index contributed by atoms with van der Waals surface area (Å²) in [5, 5.41) is 2.51. The monoisotopic (exact) mass is 476 g/mol. The fourth-order valence-electron chi connectivity index (χ4n) is 4.18. The van der Waals surface area contributed by atoms with Crippen LogP contribution in [0.5, 0.6) is 0 Å². The van der Waals surface area contributed by atoms with Crippen molar-refractivity contribution >= 4 is 21.9 Å². The van der Waals surface area contributed by atoms with E-state index in [-0.39, 0.29) is 19.6 Å². The van der Waals surface area contributed by atoms with Gasteiger partial charge >= 0.3 is 5.97 Å². The molecule has 3 rings (SSSR count). The Labute approximate surface area is 194 Å². The van der Waals surface area contributed by atoms with Crippen LogP contribution >= 0.6 is 0 Å². The molecule has 7 nitrogen and oxygen atoms in total. The fraction of sp³-hybridized carbons (Fsp3) is 0.417. The van der Waals surface area contributed by atoms with Crippen LogP contribution in [0.3, 0.4) is 0 Å². The minimum Gasteiger partial charge on any atom is -0.455 e. The van der Waals surface area contributed by atoms with E-state index in [1.54, 1.807) is 32.0 Å². The van der Waals surface area contributed by atoms with Crippen molar-refractivity contribution in [3.05, 3.63) is 64.5 Å². The Balaban J connectivity index is 1.50. The van der Waals surface area contributed by atoms with E-state index in [4.69, 9.17) is 4.74 Å². The van der Waals surface area contributed by atoms with E-state index in [0.717, 1.165) is 5.56 Å². The topological polar surface area (TPSA) is 92.8 Å². The van der Waals surface area contributed by atoms with Crippen LogP contribution in [-0.2, 0) is 30.9 Å². The molecule has 2 aromatic rings. The molecule has 1 aliphatic heterocycles. The summed E-state index contributed by atoms with van der Waals surface area (Å²) in [5.41, 5.74) is 2.75. The van der Waals surface area contributed by atoms with Gasteiger partial charge in [0, 0.05) is 25.2 Å². The number of carbonyl (C=O) groups is 2. The molecule has 1 saturated heterocycles. The normalized spacial score (nSPS) is 15.3. The van der Waals surface area contributed by atoms with Gasteiger partial charge in [0.2, 0.25) is 10.0 Å². The van der Waals surface area contributed by atoms with Gasteiger partial charge in [-0.3, -0.25) is 9.59 Å². The molecule has 1 amide bonds. The lowest BCUT2D eigenvalue weighted by Gasteiger charge is -2.31. The van der Waals surface area contributed by atoms with Crippen LogP contribution in [0, 0.1) is 32.5 Å². The van der Waals surface area contributed by atoms with E-state index >= 15 is 0 Å². The third-order valence-electron chi connectivity index (χ3n) is 5.77. The van der Waals surface area contributed by atoms with Gasteiger partial charge in [-0.25, -0.2) is 12.8 Å². The Morgan fingerprint density at radius 1 is 1.09 bits per heavy atom. The van der Waals surface area contributed by atoms with E-state index < -0.39 is 40.2 Å². The Morgan fingerprint density at radius 3 is 2.30 bits per heavy atom. The number of rotatable bonds is 7. The summed E-state index contributed by atoms with van der Waals surface area (Å²) in [5.74, 6) is -1.96. The van der Waals surface area contributed by atoms with Crippen molar-refractivity contribution in [2.24, 2.45) is 5.92 Å². The van der Waals surface area contributed by atoms with Gasteiger partial charge in [-0.15, -0.1) is 0 Å². The van der Waals surface area contributed by atoms with Gasteiger partial charge in [-0.1, -0.05) is 35.9 Å². The summed E-state index contributed by atoms with van der Waals surface area (Å²) >= 11 is 0. The first kappa shape index (κ1) is 24.9. The number of nitrogens with zero attached hydrogens (tertiary/aromatic N) is 1. The van der Waals surface area contributed by atoms with Crippen molar-refractivity contribution in [3.63, 3.8) is 0 Å². The van der Waals surface area contributed by atoms with Crippen LogP contribution in [0.2, 0.25) is 0 Å². The predicted octanol–water partition coefficient (Wildman–Crippen LogP) is 3.01. The maximum atomic E-state index is 13.6. The highest BCUT2D eigenvalue weighted by atomic mass is 32.2. The number of esters is 1. The number of nitrogens with one attached hydrogen (secondary N) is 1. The summed E-state index contributed by atoms with van der Waals surface area (Å²) in [6, 6.07) is 9.78. The first-order valence-corrected chi connectivity index (χ1v) is 12.3. The first-order valence-electron chi connectivity index (χ1n) is 10.8. The fourth-order valence-corrected chi connectivity index (χ4v) is 6.06. The second-order valence-electron chi connectivity index (χ2n) is 8.38. The third kappa shape index (κ3) is 5.97. The Morgan fingerprint density at radius 2 is 1.70 bits per heavy atom. The highest BCUT2D eigenvalue weighted by molar-refractivity contribution is 7.89. The van der Waals surface area contributed by atoms with Gasteiger partial charge in [0.15, 0.2) is 6.61 Å². The Hall–Kier alpha value is -2.78. The molecule has 2 aromatic carbocycles. The number of amides is 1. The van der Waals surface area contributed by atoms with E-state index in [2.05, 4.69) is 5.32 Å². The minimum atomic E-state index is -3.67. The predicted molar refractivity (Wildman–Crippen MR) is 121 cm³/mol. The molecule has 1 heterocycles. The number of benzene rings is 2. The van der Waals surface area contributed by atoms with Crippen LogP contribution in [0.15, 0.2) is 41.3 Å². The number of ether oxygens (including phenoxy) is 1. The lowest BCUT2D eigenvalue weighted by atomic mass is 9.98. The average Bonchev–Trinajstić information content (AvgIpc) is 2.76. The molecule has 1 N–H and O–H groups in total. The van der Waals surface area contributed by atoms with E-state index in [1.165, 1.54) is 10.4 Å². The summed E-state index contributed by atoms with van der Waals surface area (Å²) in [6.07, 6.45) is 0.637. The number of carbonyl (C=O) groups excluding carboxylic acids is 2. The molecule has 33 heavy (non-hydrogen) atoms. The highest BCUT2D eigenvalue weighted by Crippen LogP contribution is 2.29. The lowest BCUT2D eigenvalue weighted by molar-refractivity contribution is -0.153. The zero-order chi connectivity index (χ0) is 24.2. The van der Waals surface area contributed by atoms with Gasteiger partial charge < -0.3 is 10.1 Å². The molecule has 0 saturated carbocycles. The van der Waals surface area contributed by atoms with Gasteiger partial charge in [0.05, 0.1) is 10.8 Å². The van der Waals surface area contributed by atoms with Gasteiger partial charge in [-0.2, -0.15) is 4.31 Å². The van der Waals surface area contributed by atoms with E-state index in [9.17, 15) is 22.4 Å². The van der Waals surface area contributed by atoms with Crippen LogP contribution < -0.4 is 5.32 Å². The maximum absolute atomic E-state index is 13.6. The molecule has 0 aromatic heterocycles. The molecule has 0 radical (unpaired) electrons. The molecule has 1 aliphatic rings.